The van der Waals surface area contributed by atoms with Gasteiger partial charge in [-0.25, -0.2) is 4.79 Å². The van der Waals surface area contributed by atoms with Crippen LogP contribution in [0.4, 0.5) is 10.8 Å². The summed E-state index contributed by atoms with van der Waals surface area (Å²) >= 11 is 1.34. The molecule has 0 radical (unpaired) electrons. The molecule has 1 aliphatic carbocycles. The fourth-order valence-electron chi connectivity index (χ4n) is 2.73. The number of nitro groups is 1. The van der Waals surface area contributed by atoms with Crippen LogP contribution in [0.15, 0.2) is 6.07 Å². The number of methoxy groups -OCH3 is 1. The van der Waals surface area contributed by atoms with E-state index in [2.05, 4.69) is 10.4 Å². The molecule has 126 valence electrons. The maximum atomic E-state index is 12.4. The number of rotatable bonds is 4. The summed E-state index contributed by atoms with van der Waals surface area (Å²) < 4.78 is 5.95. The fourth-order valence-corrected chi connectivity index (χ4v) is 4.00. The van der Waals surface area contributed by atoms with Gasteiger partial charge in [0.25, 0.3) is 5.91 Å². The van der Waals surface area contributed by atoms with Crippen LogP contribution in [0.25, 0.3) is 0 Å². The van der Waals surface area contributed by atoms with Crippen molar-refractivity contribution >= 4 is 34.0 Å². The van der Waals surface area contributed by atoms with Crippen molar-refractivity contribution in [3.05, 3.63) is 37.9 Å². The standard InChI is InChI=1S/C14H14N4O5S/c1-17-8(6-10(16-17)18(21)22)12(19)15-13-11(14(20)23-2)7-4-3-5-9(7)24-13/h6H,3-5H2,1-2H3,(H,15,19). The normalized spacial score (nSPS) is 12.8. The highest BCUT2D eigenvalue weighted by molar-refractivity contribution is 7.17. The number of carbonyl (C=O) groups is 2. The molecule has 0 unspecified atom stereocenters. The third kappa shape index (κ3) is 2.64. The van der Waals surface area contributed by atoms with Gasteiger partial charge in [-0.05, 0) is 29.7 Å². The number of ether oxygens (including phenoxy) is 1. The van der Waals surface area contributed by atoms with Crippen LogP contribution in [-0.4, -0.2) is 33.7 Å². The summed E-state index contributed by atoms with van der Waals surface area (Å²) in [5, 5.41) is 17.5. The zero-order valence-corrected chi connectivity index (χ0v) is 13.8. The van der Waals surface area contributed by atoms with Crippen LogP contribution in [0.3, 0.4) is 0 Å². The third-order valence-corrected chi connectivity index (χ3v) is 5.03. The van der Waals surface area contributed by atoms with Gasteiger partial charge in [0.05, 0.1) is 30.9 Å². The van der Waals surface area contributed by atoms with E-state index in [1.807, 2.05) is 0 Å². The Bertz CT molecular complexity index is 854. The Morgan fingerprint density at radius 1 is 1.46 bits per heavy atom. The van der Waals surface area contributed by atoms with Gasteiger partial charge in [-0.1, -0.05) is 0 Å². The molecule has 3 rings (SSSR count). The van der Waals surface area contributed by atoms with Crippen molar-refractivity contribution in [2.45, 2.75) is 19.3 Å². The van der Waals surface area contributed by atoms with E-state index in [4.69, 9.17) is 4.74 Å². The molecule has 9 nitrogen and oxygen atoms in total. The summed E-state index contributed by atoms with van der Waals surface area (Å²) in [4.78, 5) is 35.6. The van der Waals surface area contributed by atoms with E-state index < -0.39 is 22.6 Å². The first-order valence-electron chi connectivity index (χ1n) is 7.15. The van der Waals surface area contributed by atoms with Gasteiger partial charge in [0, 0.05) is 4.88 Å². The highest BCUT2D eigenvalue weighted by Crippen LogP contribution is 2.39. The largest absolute Gasteiger partial charge is 0.465 e. The molecule has 1 aliphatic rings. The highest BCUT2D eigenvalue weighted by Gasteiger charge is 2.29. The summed E-state index contributed by atoms with van der Waals surface area (Å²) in [5.41, 5.74) is 1.32. The second kappa shape index (κ2) is 6.04. The number of amides is 1. The second-order valence-electron chi connectivity index (χ2n) is 5.28. The SMILES string of the molecule is COC(=O)c1c(NC(=O)c2cc([N+](=O)[O-])nn2C)sc2c1CCC2. The van der Waals surface area contributed by atoms with Gasteiger partial charge >= 0.3 is 11.8 Å². The van der Waals surface area contributed by atoms with Crippen LogP contribution >= 0.6 is 11.3 Å². The lowest BCUT2D eigenvalue weighted by Gasteiger charge is -2.06. The minimum absolute atomic E-state index is 0.0334. The lowest BCUT2D eigenvalue weighted by atomic mass is 10.1. The number of thiophene rings is 1. The fraction of sp³-hybridized carbons (Fsp3) is 0.357. The predicted octanol–water partition coefficient (Wildman–Crippen LogP) is 1.92. The third-order valence-electron chi connectivity index (χ3n) is 3.82. The van der Waals surface area contributed by atoms with Gasteiger partial charge in [-0.3, -0.25) is 4.79 Å². The number of carbonyl (C=O) groups excluding carboxylic acids is 2. The van der Waals surface area contributed by atoms with Gasteiger partial charge in [0.1, 0.15) is 5.00 Å². The van der Waals surface area contributed by atoms with Crippen molar-refractivity contribution in [3.8, 4) is 0 Å². The van der Waals surface area contributed by atoms with Crippen LogP contribution in [0, 0.1) is 10.1 Å². The smallest absolute Gasteiger partial charge is 0.390 e. The number of anilines is 1. The van der Waals surface area contributed by atoms with Crippen molar-refractivity contribution in [1.82, 2.24) is 9.78 Å². The van der Waals surface area contributed by atoms with Gasteiger partial charge in [-0.15, -0.1) is 11.3 Å². The monoisotopic (exact) mass is 350 g/mol. The first-order chi connectivity index (χ1) is 11.4. The number of nitrogens with one attached hydrogen (secondary N) is 1. The molecule has 24 heavy (non-hydrogen) atoms. The molecule has 2 aromatic heterocycles. The number of esters is 1. The summed E-state index contributed by atoms with van der Waals surface area (Å²) in [5.74, 6) is -1.48. The minimum atomic E-state index is -0.670. The van der Waals surface area contributed by atoms with Gasteiger partial charge in [-0.2, -0.15) is 4.68 Å². The molecule has 0 aromatic carbocycles. The van der Waals surface area contributed by atoms with Crippen molar-refractivity contribution in [1.29, 1.82) is 0 Å². The van der Waals surface area contributed by atoms with Crippen molar-refractivity contribution in [2.24, 2.45) is 7.05 Å². The Morgan fingerprint density at radius 2 is 2.21 bits per heavy atom. The lowest BCUT2D eigenvalue weighted by molar-refractivity contribution is -0.389. The number of fused-ring (bicyclic) bond motifs is 1. The maximum absolute atomic E-state index is 12.4. The average Bonchev–Trinajstić information content (AvgIpc) is 3.20. The van der Waals surface area contributed by atoms with Crippen LogP contribution in [0.2, 0.25) is 0 Å². The molecule has 0 bridgehead atoms. The summed E-state index contributed by atoms with van der Waals surface area (Å²) in [6.07, 6.45) is 2.59. The summed E-state index contributed by atoms with van der Waals surface area (Å²) in [6.45, 7) is 0. The van der Waals surface area contributed by atoms with E-state index in [1.165, 1.54) is 25.5 Å². The lowest BCUT2D eigenvalue weighted by Crippen LogP contribution is -2.17. The maximum Gasteiger partial charge on any atom is 0.390 e. The zero-order chi connectivity index (χ0) is 17.4. The van der Waals surface area contributed by atoms with Gasteiger partial charge in [0.2, 0.25) is 0 Å². The molecule has 0 aliphatic heterocycles. The number of aryl methyl sites for hydroxylation is 2. The van der Waals surface area contributed by atoms with E-state index in [0.717, 1.165) is 40.5 Å². The molecule has 10 heteroatoms. The molecule has 2 aromatic rings. The number of nitrogens with zero attached hydrogens (tertiary/aromatic N) is 3. The molecule has 0 atom stereocenters. The minimum Gasteiger partial charge on any atom is -0.465 e. The molecule has 2 heterocycles. The van der Waals surface area contributed by atoms with Crippen LogP contribution in [-0.2, 0) is 24.6 Å². The first kappa shape index (κ1) is 16.1. The number of hydrogen-bond acceptors (Lipinski definition) is 7. The predicted molar refractivity (Wildman–Crippen MR) is 85.5 cm³/mol. The van der Waals surface area contributed by atoms with Crippen molar-refractivity contribution in [3.63, 3.8) is 0 Å². The highest BCUT2D eigenvalue weighted by atomic mass is 32.1. The Morgan fingerprint density at radius 3 is 2.83 bits per heavy atom. The molecule has 0 saturated heterocycles. The van der Waals surface area contributed by atoms with E-state index in [1.54, 1.807) is 0 Å². The molecule has 0 fully saturated rings. The molecule has 0 spiro atoms. The Balaban J connectivity index is 1.93. The van der Waals surface area contributed by atoms with Crippen LogP contribution in [0.5, 0.6) is 0 Å². The van der Waals surface area contributed by atoms with Crippen LogP contribution < -0.4 is 5.32 Å². The van der Waals surface area contributed by atoms with Crippen molar-refractivity contribution < 1.29 is 19.2 Å². The Hall–Kier alpha value is -2.75. The van der Waals surface area contributed by atoms with Crippen LogP contribution in [0.1, 0.15) is 37.7 Å². The van der Waals surface area contributed by atoms with E-state index in [-0.39, 0.29) is 5.69 Å². The van der Waals surface area contributed by atoms with E-state index >= 15 is 0 Å². The average molecular weight is 350 g/mol. The summed E-state index contributed by atoms with van der Waals surface area (Å²) in [6, 6.07) is 1.09. The summed E-state index contributed by atoms with van der Waals surface area (Å²) in [7, 11) is 2.73. The Labute approximate surface area is 140 Å². The topological polar surface area (TPSA) is 116 Å². The van der Waals surface area contributed by atoms with E-state index in [9.17, 15) is 19.7 Å². The van der Waals surface area contributed by atoms with Gasteiger partial charge < -0.3 is 20.2 Å². The van der Waals surface area contributed by atoms with Crippen molar-refractivity contribution in [2.75, 3.05) is 12.4 Å². The molecule has 0 saturated carbocycles. The zero-order valence-electron chi connectivity index (χ0n) is 13.0. The number of hydrogen-bond donors (Lipinski definition) is 1. The molecule has 1 N–H and O–H groups in total. The first-order valence-corrected chi connectivity index (χ1v) is 7.96. The van der Waals surface area contributed by atoms with E-state index in [0.29, 0.717) is 10.6 Å². The second-order valence-corrected chi connectivity index (χ2v) is 6.38. The molecular weight excluding hydrogens is 336 g/mol. The quantitative estimate of drug-likeness (QED) is 0.511. The number of aromatic nitrogens is 2. The molecule has 1 amide bonds. The Kier molecular flexibility index (Phi) is 4.06. The van der Waals surface area contributed by atoms with Gasteiger partial charge in [0.15, 0.2) is 5.69 Å². The molecular formula is C14H14N4O5S.